The number of ether oxygens (including phenoxy) is 1. The van der Waals surface area contributed by atoms with E-state index in [1.165, 1.54) is 25.3 Å². The molecule has 1 aliphatic heterocycles. The first-order valence-electron chi connectivity index (χ1n) is 7.24. The Hall–Kier alpha value is -2.48. The van der Waals surface area contributed by atoms with Crippen molar-refractivity contribution in [1.29, 1.82) is 0 Å². The summed E-state index contributed by atoms with van der Waals surface area (Å²) in [4.78, 5) is 36.1. The molecular formula is C15H19FN3O4+. The van der Waals surface area contributed by atoms with Crippen LogP contribution in [-0.2, 0) is 19.1 Å². The van der Waals surface area contributed by atoms with Crippen LogP contribution in [0.25, 0.3) is 0 Å². The Labute approximate surface area is 132 Å². The highest BCUT2D eigenvalue weighted by Gasteiger charge is 2.36. The number of rotatable bonds is 5. The maximum Gasteiger partial charge on any atom is 0.312 e. The summed E-state index contributed by atoms with van der Waals surface area (Å²) in [6, 6.07) is 4.89. The van der Waals surface area contributed by atoms with Crippen LogP contribution in [0.3, 0.4) is 0 Å². The van der Waals surface area contributed by atoms with Crippen LogP contribution >= 0.6 is 0 Å². The molecule has 0 saturated carbocycles. The van der Waals surface area contributed by atoms with Crippen LogP contribution in [0.2, 0.25) is 0 Å². The third-order valence-corrected chi connectivity index (χ3v) is 3.65. The second-order valence-electron chi connectivity index (χ2n) is 5.27. The Morgan fingerprint density at radius 2 is 2.26 bits per heavy atom. The first-order valence-corrected chi connectivity index (χ1v) is 7.24. The quantitative estimate of drug-likeness (QED) is 0.588. The molecule has 0 aromatic heterocycles. The molecule has 1 aliphatic rings. The summed E-state index contributed by atoms with van der Waals surface area (Å²) in [7, 11) is 1.25. The predicted octanol–water partition coefficient (Wildman–Crippen LogP) is -1.29. The molecule has 8 heteroatoms. The van der Waals surface area contributed by atoms with Gasteiger partial charge in [-0.2, -0.15) is 0 Å². The summed E-state index contributed by atoms with van der Waals surface area (Å²) in [5, 5.41) is 5.26. The summed E-state index contributed by atoms with van der Waals surface area (Å²) in [5.41, 5.74) is 0.348. The van der Waals surface area contributed by atoms with Crippen molar-refractivity contribution in [3.8, 4) is 0 Å². The number of carbonyl (C=O) groups excluding carboxylic acids is 3. The number of piperazine rings is 1. The van der Waals surface area contributed by atoms with Crippen molar-refractivity contribution in [3.63, 3.8) is 0 Å². The largest absolute Gasteiger partial charge is 0.469 e. The molecule has 7 nitrogen and oxygen atoms in total. The molecule has 3 N–H and O–H groups in total. The van der Waals surface area contributed by atoms with Crippen molar-refractivity contribution in [3.05, 3.63) is 30.1 Å². The molecule has 0 spiro atoms. The monoisotopic (exact) mass is 324 g/mol. The van der Waals surface area contributed by atoms with E-state index in [1.807, 2.05) is 0 Å². The number of carbonyl (C=O) groups is 3. The zero-order chi connectivity index (χ0) is 16.8. The standard InChI is InChI=1S/C15H18FN3O4/c1-23-14(21)8-12-15(22)17-5-6-19(12)9-13(20)18-11-4-2-3-10(16)7-11/h2-4,7,12H,5-6,8-9H2,1H3,(H,17,22)(H,18,20)/p+1/t12-/m0/s1. The van der Waals surface area contributed by atoms with Gasteiger partial charge in [0.1, 0.15) is 12.2 Å². The molecule has 1 unspecified atom stereocenters. The number of methoxy groups -OCH3 is 1. The Morgan fingerprint density at radius 3 is 2.96 bits per heavy atom. The molecule has 2 rings (SSSR count). The van der Waals surface area contributed by atoms with E-state index >= 15 is 0 Å². The molecule has 0 radical (unpaired) electrons. The van der Waals surface area contributed by atoms with Crippen molar-refractivity contribution in [1.82, 2.24) is 5.32 Å². The zero-order valence-electron chi connectivity index (χ0n) is 12.7. The minimum Gasteiger partial charge on any atom is -0.469 e. The van der Waals surface area contributed by atoms with Crippen molar-refractivity contribution < 1.29 is 28.4 Å². The lowest BCUT2D eigenvalue weighted by molar-refractivity contribution is -0.909. The van der Waals surface area contributed by atoms with Gasteiger partial charge in [-0.05, 0) is 18.2 Å². The van der Waals surface area contributed by atoms with Crippen molar-refractivity contribution in [2.24, 2.45) is 0 Å². The smallest absolute Gasteiger partial charge is 0.312 e. The van der Waals surface area contributed by atoms with Gasteiger partial charge in [-0.1, -0.05) is 6.07 Å². The fourth-order valence-electron chi connectivity index (χ4n) is 2.51. The third-order valence-electron chi connectivity index (χ3n) is 3.65. The lowest BCUT2D eigenvalue weighted by Gasteiger charge is -2.30. The molecule has 0 aliphatic carbocycles. The number of amides is 2. The first kappa shape index (κ1) is 16.9. The molecule has 23 heavy (non-hydrogen) atoms. The van der Waals surface area contributed by atoms with E-state index in [9.17, 15) is 18.8 Å². The van der Waals surface area contributed by atoms with Crippen molar-refractivity contribution in [2.45, 2.75) is 12.5 Å². The minimum atomic E-state index is -0.672. The molecule has 2 atom stereocenters. The number of esters is 1. The predicted molar refractivity (Wildman–Crippen MR) is 79.2 cm³/mol. The van der Waals surface area contributed by atoms with Gasteiger partial charge < -0.3 is 20.3 Å². The maximum absolute atomic E-state index is 13.1. The highest BCUT2D eigenvalue weighted by Crippen LogP contribution is 2.08. The number of benzene rings is 1. The Kier molecular flexibility index (Phi) is 5.64. The second kappa shape index (κ2) is 7.68. The van der Waals surface area contributed by atoms with Gasteiger partial charge in [-0.15, -0.1) is 0 Å². The Bertz CT molecular complexity index is 608. The summed E-state index contributed by atoms with van der Waals surface area (Å²) in [6.07, 6.45) is -0.0923. The SMILES string of the molecule is COC(=O)C[C@H]1C(=O)NCC[NH+]1CC(=O)Nc1cccc(F)c1. The molecular weight excluding hydrogens is 305 g/mol. The highest BCUT2D eigenvalue weighted by atomic mass is 19.1. The van der Waals surface area contributed by atoms with E-state index < -0.39 is 17.8 Å². The molecule has 1 aromatic carbocycles. The molecule has 2 amide bonds. The van der Waals surface area contributed by atoms with Crippen LogP contribution in [0, 0.1) is 5.82 Å². The topological polar surface area (TPSA) is 88.9 Å². The second-order valence-corrected chi connectivity index (χ2v) is 5.27. The lowest BCUT2D eigenvalue weighted by Crippen LogP contribution is -3.20. The number of halogens is 1. The Morgan fingerprint density at radius 1 is 1.48 bits per heavy atom. The summed E-state index contributed by atoms with van der Waals surface area (Å²) >= 11 is 0. The summed E-state index contributed by atoms with van der Waals surface area (Å²) in [6.45, 7) is 0.953. The van der Waals surface area contributed by atoms with E-state index in [2.05, 4.69) is 15.4 Å². The molecule has 1 fully saturated rings. The maximum atomic E-state index is 13.1. The molecule has 1 heterocycles. The van der Waals surface area contributed by atoms with E-state index in [0.29, 0.717) is 23.7 Å². The number of hydrogen-bond acceptors (Lipinski definition) is 4. The van der Waals surface area contributed by atoms with Crippen LogP contribution in [0.5, 0.6) is 0 Å². The highest BCUT2D eigenvalue weighted by molar-refractivity contribution is 5.92. The average molecular weight is 324 g/mol. The average Bonchev–Trinajstić information content (AvgIpc) is 2.50. The molecule has 0 bridgehead atoms. The molecule has 1 aromatic rings. The van der Waals surface area contributed by atoms with Crippen molar-refractivity contribution in [2.75, 3.05) is 32.1 Å². The number of anilines is 1. The van der Waals surface area contributed by atoms with Crippen LogP contribution in [0.4, 0.5) is 10.1 Å². The van der Waals surface area contributed by atoms with Gasteiger partial charge in [-0.3, -0.25) is 14.4 Å². The normalized spacial score (nSPS) is 20.5. The van der Waals surface area contributed by atoms with Gasteiger partial charge in [-0.25, -0.2) is 4.39 Å². The third kappa shape index (κ3) is 4.75. The number of quaternary nitrogens is 1. The van der Waals surface area contributed by atoms with Crippen molar-refractivity contribution >= 4 is 23.5 Å². The molecule has 1 saturated heterocycles. The fraction of sp³-hybridized carbons (Fsp3) is 0.400. The van der Waals surface area contributed by atoms with E-state index in [-0.39, 0.29) is 24.8 Å². The van der Waals surface area contributed by atoms with Crippen LogP contribution < -0.4 is 15.5 Å². The number of hydrogen-bond donors (Lipinski definition) is 3. The first-order chi connectivity index (χ1) is 11.0. The van der Waals surface area contributed by atoms with Crippen LogP contribution in [-0.4, -0.2) is 50.6 Å². The van der Waals surface area contributed by atoms with Gasteiger partial charge in [0.05, 0.1) is 20.2 Å². The van der Waals surface area contributed by atoms with Gasteiger partial charge in [0.2, 0.25) is 0 Å². The van der Waals surface area contributed by atoms with E-state index in [1.54, 1.807) is 6.07 Å². The van der Waals surface area contributed by atoms with Gasteiger partial charge in [0.15, 0.2) is 12.6 Å². The molecule has 124 valence electrons. The van der Waals surface area contributed by atoms with Gasteiger partial charge in [0.25, 0.3) is 11.8 Å². The fourth-order valence-corrected chi connectivity index (χ4v) is 2.51. The van der Waals surface area contributed by atoms with Crippen LogP contribution in [0.15, 0.2) is 24.3 Å². The summed E-state index contributed by atoms with van der Waals surface area (Å²) < 4.78 is 17.7. The van der Waals surface area contributed by atoms with E-state index in [4.69, 9.17) is 0 Å². The Balaban J connectivity index is 1.99. The van der Waals surface area contributed by atoms with Gasteiger partial charge >= 0.3 is 5.97 Å². The van der Waals surface area contributed by atoms with Gasteiger partial charge in [0, 0.05) is 5.69 Å². The lowest BCUT2D eigenvalue weighted by atomic mass is 10.1. The number of nitrogens with one attached hydrogen (secondary N) is 3. The van der Waals surface area contributed by atoms with E-state index in [0.717, 1.165) is 0 Å². The summed E-state index contributed by atoms with van der Waals surface area (Å²) in [5.74, 6) is -1.59. The van der Waals surface area contributed by atoms with Crippen LogP contribution in [0.1, 0.15) is 6.42 Å². The zero-order valence-corrected chi connectivity index (χ0v) is 12.7. The minimum absolute atomic E-state index is 0.00555.